The third-order valence-electron chi connectivity index (χ3n) is 12.0. The minimum absolute atomic E-state index is 0.0718. The predicted molar refractivity (Wildman–Crippen MR) is 217 cm³/mol. The van der Waals surface area contributed by atoms with Crippen LogP contribution in [0.5, 0.6) is 0 Å². The van der Waals surface area contributed by atoms with Gasteiger partial charge in [-0.05, 0) is 67.1 Å². The quantitative estimate of drug-likeness (QED) is 0.0910. The Labute approximate surface area is 349 Å². The highest BCUT2D eigenvalue weighted by Gasteiger charge is 2.59. The molecule has 0 N–H and O–H groups in total. The third-order valence-corrected chi connectivity index (χ3v) is 12.4. The molecule has 0 amide bonds. The molecule has 15 heteroatoms. The summed E-state index contributed by atoms with van der Waals surface area (Å²) in [6.07, 6.45) is -3.66. The van der Waals surface area contributed by atoms with Crippen molar-refractivity contribution in [2.75, 3.05) is 27.8 Å². The molecule has 0 spiro atoms. The maximum Gasteiger partial charge on any atom is 0.509 e. The third kappa shape index (κ3) is 10.7. The van der Waals surface area contributed by atoms with E-state index in [0.29, 0.717) is 23.6 Å². The summed E-state index contributed by atoms with van der Waals surface area (Å²) < 4.78 is 50.5. The summed E-state index contributed by atoms with van der Waals surface area (Å²) in [4.78, 5) is 47.9. The van der Waals surface area contributed by atoms with Gasteiger partial charge in [0.15, 0.2) is 24.1 Å². The number of rotatable bonds is 12. The SMILES string of the molecule is C=CCO[C@H]1[C@H](C)[C@@H](O[C@@H]2O[C@H](C)C[C@H](N(C)C)[C@H]2OC(C)=O)[C@](C)(OC)C[C@@H](C)/C(=N\OCc2ccccc2Cl)[C@H](C)[C@H]2OC(=O)O[C@]2(C)[C@@H](CC)OC(=O)[C@@H]1C. The molecule has 3 aliphatic rings. The summed E-state index contributed by atoms with van der Waals surface area (Å²) in [6, 6.07) is 7.08. The second-order valence-electron chi connectivity index (χ2n) is 16.6. The number of ether oxygens (including phenoxy) is 8. The van der Waals surface area contributed by atoms with Crippen LogP contribution in [0.25, 0.3) is 0 Å². The van der Waals surface area contributed by atoms with E-state index in [4.69, 9.17) is 59.5 Å². The average Bonchev–Trinajstić information content (AvgIpc) is 3.48. The first-order chi connectivity index (χ1) is 27.3. The second-order valence-corrected chi connectivity index (χ2v) is 17.1. The molecule has 0 aliphatic carbocycles. The van der Waals surface area contributed by atoms with Gasteiger partial charge in [-0.3, -0.25) is 9.59 Å². The molecule has 326 valence electrons. The molecule has 0 saturated carbocycles. The lowest BCUT2D eigenvalue weighted by molar-refractivity contribution is -0.304. The van der Waals surface area contributed by atoms with E-state index in [-0.39, 0.29) is 31.8 Å². The smallest absolute Gasteiger partial charge is 0.458 e. The Kier molecular flexibility index (Phi) is 16.6. The van der Waals surface area contributed by atoms with E-state index in [1.54, 1.807) is 33.1 Å². The summed E-state index contributed by atoms with van der Waals surface area (Å²) in [5.41, 5.74) is -1.27. The molecule has 0 bridgehead atoms. The van der Waals surface area contributed by atoms with Crippen molar-refractivity contribution >= 4 is 35.4 Å². The standard InChI is InChI=1S/C43H65ClN2O12/c1-14-20-51-35-27(6)37(56-40-36(54-29(8)47)32(46(11)12)21-25(4)53-40)42(9,50-13)22-24(3)34(45-52-23-30-18-16-17-19-31(30)44)26(5)38-43(10,58-41(49)57-38)33(15-2)55-39(48)28(35)7/h14,16-19,24-28,32-33,35-38,40H,1,15,20-23H2,2-13H3/b45-34+/t24-,25-,26+,27+,28-,32+,33-,35+,36-,37-,38-,40+,42-,43-/m1/s1. The van der Waals surface area contributed by atoms with Crippen molar-refractivity contribution < 1.29 is 57.1 Å². The monoisotopic (exact) mass is 836 g/mol. The topological polar surface area (TPSA) is 150 Å². The number of methoxy groups -OCH3 is 1. The predicted octanol–water partition coefficient (Wildman–Crippen LogP) is 7.13. The van der Waals surface area contributed by atoms with Gasteiger partial charge in [0.1, 0.15) is 12.7 Å². The van der Waals surface area contributed by atoms with Crippen LogP contribution in [0.1, 0.15) is 87.1 Å². The van der Waals surface area contributed by atoms with E-state index in [2.05, 4.69) is 6.58 Å². The first kappa shape index (κ1) is 47.4. The van der Waals surface area contributed by atoms with E-state index >= 15 is 0 Å². The van der Waals surface area contributed by atoms with Gasteiger partial charge in [-0.25, -0.2) is 4.79 Å². The molecule has 14 atom stereocenters. The van der Waals surface area contributed by atoms with Gasteiger partial charge in [0.05, 0.1) is 48.2 Å². The summed E-state index contributed by atoms with van der Waals surface area (Å²) in [6.45, 7) is 20.4. The lowest BCUT2D eigenvalue weighted by Gasteiger charge is -2.49. The maximum atomic E-state index is 14.3. The molecule has 4 rings (SSSR count). The number of oxime groups is 1. The van der Waals surface area contributed by atoms with Crippen LogP contribution in [-0.4, -0.2) is 117 Å². The number of esters is 2. The summed E-state index contributed by atoms with van der Waals surface area (Å²) in [7, 11) is 5.44. The van der Waals surface area contributed by atoms with Gasteiger partial charge < -0.3 is 47.6 Å². The Balaban J connectivity index is 1.91. The van der Waals surface area contributed by atoms with Crippen LogP contribution in [0.4, 0.5) is 4.79 Å². The largest absolute Gasteiger partial charge is 0.509 e. The molecule has 58 heavy (non-hydrogen) atoms. The molecule has 0 radical (unpaired) electrons. The fraction of sp³-hybridized carbons (Fsp3) is 0.721. The number of cyclic esters (lactones) is 1. The van der Waals surface area contributed by atoms with Crippen molar-refractivity contribution in [1.29, 1.82) is 0 Å². The van der Waals surface area contributed by atoms with Crippen molar-refractivity contribution in [3.05, 3.63) is 47.5 Å². The van der Waals surface area contributed by atoms with Gasteiger partial charge in [0.25, 0.3) is 0 Å². The molecule has 14 nitrogen and oxygen atoms in total. The van der Waals surface area contributed by atoms with E-state index in [1.807, 2.05) is 78.7 Å². The van der Waals surface area contributed by atoms with E-state index in [1.165, 1.54) is 6.92 Å². The lowest BCUT2D eigenvalue weighted by Crippen LogP contribution is -2.61. The van der Waals surface area contributed by atoms with E-state index in [9.17, 15) is 14.4 Å². The van der Waals surface area contributed by atoms with Crippen LogP contribution < -0.4 is 0 Å². The molecule has 3 heterocycles. The fourth-order valence-corrected chi connectivity index (χ4v) is 9.13. The minimum Gasteiger partial charge on any atom is -0.458 e. The van der Waals surface area contributed by atoms with Crippen molar-refractivity contribution in [2.45, 2.75) is 148 Å². The molecule has 0 unspecified atom stereocenters. The molecule has 3 aliphatic heterocycles. The first-order valence-corrected chi connectivity index (χ1v) is 20.6. The maximum absolute atomic E-state index is 14.3. The van der Waals surface area contributed by atoms with Gasteiger partial charge in [-0.1, -0.05) is 68.7 Å². The van der Waals surface area contributed by atoms with Gasteiger partial charge in [0.2, 0.25) is 0 Å². The zero-order valence-corrected chi connectivity index (χ0v) is 37.0. The minimum atomic E-state index is -1.39. The number of benzene rings is 1. The summed E-state index contributed by atoms with van der Waals surface area (Å²) in [5.74, 6) is -3.50. The van der Waals surface area contributed by atoms with Crippen molar-refractivity contribution in [2.24, 2.45) is 28.8 Å². The molecular formula is C43H65ClN2O12. The summed E-state index contributed by atoms with van der Waals surface area (Å²) in [5, 5.41) is 5.26. The Morgan fingerprint density at radius 3 is 2.36 bits per heavy atom. The average molecular weight is 837 g/mol. The molecule has 0 aromatic heterocycles. The van der Waals surface area contributed by atoms with Crippen LogP contribution in [0, 0.1) is 23.7 Å². The second kappa shape index (κ2) is 20.3. The van der Waals surface area contributed by atoms with Crippen LogP contribution in [-0.2, 0) is 58.9 Å². The van der Waals surface area contributed by atoms with Gasteiger partial charge in [-0.15, -0.1) is 6.58 Å². The van der Waals surface area contributed by atoms with Crippen LogP contribution in [0.3, 0.4) is 0 Å². The zero-order chi connectivity index (χ0) is 43.1. The zero-order valence-electron chi connectivity index (χ0n) is 36.2. The van der Waals surface area contributed by atoms with Crippen LogP contribution in [0.15, 0.2) is 42.1 Å². The van der Waals surface area contributed by atoms with Crippen molar-refractivity contribution in [1.82, 2.24) is 4.90 Å². The lowest BCUT2D eigenvalue weighted by atomic mass is 9.73. The number of carbonyl (C=O) groups excluding carboxylic acids is 3. The number of hydrogen-bond donors (Lipinski definition) is 0. The number of hydrogen-bond acceptors (Lipinski definition) is 14. The molecular weight excluding hydrogens is 772 g/mol. The Hall–Kier alpha value is -3.27. The van der Waals surface area contributed by atoms with Gasteiger partial charge >= 0.3 is 18.1 Å². The first-order valence-electron chi connectivity index (χ1n) is 20.3. The Morgan fingerprint density at radius 1 is 1.07 bits per heavy atom. The molecule has 1 aromatic rings. The Bertz CT molecular complexity index is 1610. The van der Waals surface area contributed by atoms with Crippen LogP contribution >= 0.6 is 11.6 Å². The fourth-order valence-electron chi connectivity index (χ4n) is 8.94. The number of fused-ring (bicyclic) bond motifs is 1. The van der Waals surface area contributed by atoms with E-state index < -0.39 is 89.8 Å². The normalized spacial score (nSPS) is 38.2. The highest BCUT2D eigenvalue weighted by molar-refractivity contribution is 6.31. The molecule has 1 aromatic carbocycles. The number of nitrogens with zero attached hydrogens (tertiary/aromatic N) is 2. The van der Waals surface area contributed by atoms with Crippen molar-refractivity contribution in [3.63, 3.8) is 0 Å². The number of carbonyl (C=O) groups is 3. The number of halogens is 1. The van der Waals surface area contributed by atoms with E-state index in [0.717, 1.165) is 5.56 Å². The highest BCUT2D eigenvalue weighted by Crippen LogP contribution is 2.43. The van der Waals surface area contributed by atoms with Gasteiger partial charge in [0, 0.05) is 42.4 Å². The molecule has 3 fully saturated rings. The number of likely N-dealkylation sites (N-methyl/N-ethyl adjacent to an activating group) is 1. The van der Waals surface area contributed by atoms with Crippen LogP contribution in [0.2, 0.25) is 5.02 Å². The van der Waals surface area contributed by atoms with Gasteiger partial charge in [-0.2, -0.15) is 0 Å². The van der Waals surface area contributed by atoms with Crippen molar-refractivity contribution in [3.8, 4) is 0 Å². The Morgan fingerprint density at radius 2 is 1.76 bits per heavy atom. The molecule has 3 saturated heterocycles. The summed E-state index contributed by atoms with van der Waals surface area (Å²) >= 11 is 6.47. The highest BCUT2D eigenvalue weighted by atomic mass is 35.5.